The molecule has 1 N–H and O–H groups in total. The molecule has 4 aromatic rings. The van der Waals surface area contributed by atoms with Gasteiger partial charge in [0.05, 0.1) is 30.4 Å². The third-order valence-corrected chi connectivity index (χ3v) is 6.13. The number of nitrogens with zero attached hydrogens (tertiary/aromatic N) is 3. The number of hydrogen-bond acceptors (Lipinski definition) is 5. The molecule has 2 atom stereocenters. The van der Waals surface area contributed by atoms with Crippen molar-refractivity contribution in [2.24, 2.45) is 0 Å². The number of imidazole rings is 1. The van der Waals surface area contributed by atoms with Crippen LogP contribution in [0.5, 0.6) is 11.5 Å². The molecular formula is C27H27N3O4. The number of benzene rings is 3. The van der Waals surface area contributed by atoms with Crippen LogP contribution < -0.4 is 14.4 Å². The molecule has 1 fully saturated rings. The fourth-order valence-electron chi connectivity index (χ4n) is 4.54. The van der Waals surface area contributed by atoms with E-state index in [1.807, 2.05) is 83.4 Å². The van der Waals surface area contributed by atoms with E-state index in [4.69, 9.17) is 14.5 Å². The number of carbonyl (C=O) groups excluding carboxylic acids is 1. The number of para-hydroxylation sites is 5. The molecule has 34 heavy (non-hydrogen) atoms. The van der Waals surface area contributed by atoms with Gasteiger partial charge in [0, 0.05) is 18.9 Å². The molecule has 0 spiro atoms. The van der Waals surface area contributed by atoms with Crippen molar-refractivity contribution >= 4 is 22.6 Å². The average Bonchev–Trinajstić information content (AvgIpc) is 3.43. The van der Waals surface area contributed by atoms with Crippen molar-refractivity contribution in [3.63, 3.8) is 0 Å². The molecule has 0 radical (unpaired) electrons. The SMILES string of the molecule is COc1ccccc1N1C[C@H](c2nc3ccccc3n2C[C@H](O)COc2ccccc2)CC1=O. The van der Waals surface area contributed by atoms with Crippen LogP contribution >= 0.6 is 0 Å². The summed E-state index contributed by atoms with van der Waals surface area (Å²) in [6.45, 7) is 0.980. The lowest BCUT2D eigenvalue weighted by Gasteiger charge is -2.20. The van der Waals surface area contributed by atoms with Gasteiger partial charge >= 0.3 is 0 Å². The molecule has 1 aromatic heterocycles. The van der Waals surface area contributed by atoms with Crippen LogP contribution in [0.15, 0.2) is 78.9 Å². The summed E-state index contributed by atoms with van der Waals surface area (Å²) in [5.41, 5.74) is 2.53. The van der Waals surface area contributed by atoms with E-state index in [2.05, 4.69) is 0 Å². The number of rotatable bonds is 8. The largest absolute Gasteiger partial charge is 0.495 e. The molecule has 7 heteroatoms. The Hall–Kier alpha value is -3.84. The minimum Gasteiger partial charge on any atom is -0.495 e. The fraction of sp³-hybridized carbons (Fsp3) is 0.259. The predicted octanol–water partition coefficient (Wildman–Crippen LogP) is 4.01. The summed E-state index contributed by atoms with van der Waals surface area (Å²) in [4.78, 5) is 19.6. The van der Waals surface area contributed by atoms with Crippen LogP contribution in [-0.2, 0) is 11.3 Å². The Morgan fingerprint density at radius 3 is 2.59 bits per heavy atom. The zero-order valence-corrected chi connectivity index (χ0v) is 19.0. The Bertz CT molecular complexity index is 1290. The molecule has 1 aliphatic rings. The Balaban J connectivity index is 1.40. The number of carbonyl (C=O) groups is 1. The Morgan fingerprint density at radius 2 is 1.76 bits per heavy atom. The van der Waals surface area contributed by atoms with Crippen LogP contribution in [0.1, 0.15) is 18.2 Å². The highest BCUT2D eigenvalue weighted by Crippen LogP contribution is 2.37. The normalized spacial score (nSPS) is 16.7. The maximum Gasteiger partial charge on any atom is 0.227 e. The molecule has 1 aliphatic heterocycles. The molecule has 0 bridgehead atoms. The molecule has 1 amide bonds. The first-order chi connectivity index (χ1) is 16.6. The van der Waals surface area contributed by atoms with E-state index in [9.17, 15) is 9.90 Å². The number of aliphatic hydroxyl groups excluding tert-OH is 1. The topological polar surface area (TPSA) is 76.8 Å². The van der Waals surface area contributed by atoms with Crippen LogP contribution in [-0.4, -0.2) is 46.9 Å². The number of fused-ring (bicyclic) bond motifs is 1. The maximum absolute atomic E-state index is 13.0. The molecule has 2 heterocycles. The highest BCUT2D eigenvalue weighted by atomic mass is 16.5. The highest BCUT2D eigenvalue weighted by molar-refractivity contribution is 5.97. The van der Waals surface area contributed by atoms with Crippen LogP contribution in [0, 0.1) is 0 Å². The summed E-state index contributed by atoms with van der Waals surface area (Å²) in [6.07, 6.45) is -0.392. The second kappa shape index (κ2) is 9.57. The second-order valence-corrected chi connectivity index (χ2v) is 8.42. The number of methoxy groups -OCH3 is 1. The van der Waals surface area contributed by atoms with Gasteiger partial charge in [-0.2, -0.15) is 0 Å². The van der Waals surface area contributed by atoms with E-state index in [0.29, 0.717) is 31.0 Å². The second-order valence-electron chi connectivity index (χ2n) is 8.42. The zero-order valence-electron chi connectivity index (χ0n) is 19.0. The van der Waals surface area contributed by atoms with Crippen LogP contribution in [0.2, 0.25) is 0 Å². The van der Waals surface area contributed by atoms with Gasteiger partial charge in [0.25, 0.3) is 0 Å². The Morgan fingerprint density at radius 1 is 1.03 bits per heavy atom. The minimum atomic E-state index is -0.737. The summed E-state index contributed by atoms with van der Waals surface area (Å²) in [6, 6.07) is 24.8. The third kappa shape index (κ3) is 4.34. The van der Waals surface area contributed by atoms with Gasteiger partial charge in [0.1, 0.15) is 30.0 Å². The molecule has 0 aliphatic carbocycles. The quantitative estimate of drug-likeness (QED) is 0.433. The van der Waals surface area contributed by atoms with Gasteiger partial charge in [-0.15, -0.1) is 0 Å². The summed E-state index contributed by atoms with van der Waals surface area (Å²) in [5.74, 6) is 2.10. The molecule has 0 saturated carbocycles. The standard InChI is InChI=1S/C27H27N3O4/c1-33-25-14-8-7-13-24(25)29-16-19(15-26(29)32)27-28-22-11-5-6-12-23(22)30(27)17-20(31)18-34-21-9-3-2-4-10-21/h2-14,19-20,31H,15-18H2,1H3/t19-,20+/m1/s1. The summed E-state index contributed by atoms with van der Waals surface area (Å²) >= 11 is 0. The summed E-state index contributed by atoms with van der Waals surface area (Å²) < 4.78 is 13.3. The molecule has 7 nitrogen and oxygen atoms in total. The van der Waals surface area contributed by atoms with Gasteiger partial charge in [0.2, 0.25) is 5.91 Å². The van der Waals surface area contributed by atoms with Gasteiger partial charge in [-0.05, 0) is 36.4 Å². The van der Waals surface area contributed by atoms with Crippen molar-refractivity contribution in [3.05, 3.63) is 84.7 Å². The van der Waals surface area contributed by atoms with Gasteiger partial charge in [-0.1, -0.05) is 42.5 Å². The number of ether oxygens (including phenoxy) is 2. The molecule has 3 aromatic carbocycles. The van der Waals surface area contributed by atoms with Crippen molar-refractivity contribution in [2.45, 2.75) is 25.0 Å². The van der Waals surface area contributed by atoms with Gasteiger partial charge < -0.3 is 24.0 Å². The number of aliphatic hydroxyl groups is 1. The number of hydrogen-bond donors (Lipinski definition) is 1. The first-order valence-corrected chi connectivity index (χ1v) is 11.4. The highest BCUT2D eigenvalue weighted by Gasteiger charge is 2.36. The monoisotopic (exact) mass is 457 g/mol. The number of anilines is 1. The smallest absolute Gasteiger partial charge is 0.227 e. The molecular weight excluding hydrogens is 430 g/mol. The van der Waals surface area contributed by atoms with E-state index in [-0.39, 0.29) is 18.4 Å². The lowest BCUT2D eigenvalue weighted by molar-refractivity contribution is -0.117. The average molecular weight is 458 g/mol. The van der Waals surface area contributed by atoms with Gasteiger partial charge in [-0.3, -0.25) is 4.79 Å². The van der Waals surface area contributed by atoms with Crippen molar-refractivity contribution in [3.8, 4) is 11.5 Å². The fourth-order valence-corrected chi connectivity index (χ4v) is 4.54. The Labute approximate surface area is 198 Å². The van der Waals surface area contributed by atoms with Crippen LogP contribution in [0.25, 0.3) is 11.0 Å². The maximum atomic E-state index is 13.0. The Kier molecular flexibility index (Phi) is 6.18. The molecule has 5 rings (SSSR count). The van der Waals surface area contributed by atoms with E-state index in [1.165, 1.54) is 0 Å². The molecule has 174 valence electrons. The van der Waals surface area contributed by atoms with Crippen molar-refractivity contribution < 1.29 is 19.4 Å². The third-order valence-electron chi connectivity index (χ3n) is 6.13. The van der Waals surface area contributed by atoms with Crippen LogP contribution in [0.4, 0.5) is 5.69 Å². The van der Waals surface area contributed by atoms with Crippen molar-refractivity contribution in [1.82, 2.24) is 9.55 Å². The van der Waals surface area contributed by atoms with Crippen molar-refractivity contribution in [1.29, 1.82) is 0 Å². The lowest BCUT2D eigenvalue weighted by atomic mass is 10.1. The summed E-state index contributed by atoms with van der Waals surface area (Å²) in [5, 5.41) is 10.8. The molecule has 0 unspecified atom stereocenters. The van der Waals surface area contributed by atoms with Crippen LogP contribution in [0.3, 0.4) is 0 Å². The van der Waals surface area contributed by atoms with E-state index < -0.39 is 6.10 Å². The number of amides is 1. The van der Waals surface area contributed by atoms with E-state index in [1.54, 1.807) is 12.0 Å². The zero-order chi connectivity index (χ0) is 23.5. The lowest BCUT2D eigenvalue weighted by Crippen LogP contribution is -2.26. The first-order valence-electron chi connectivity index (χ1n) is 11.4. The molecule has 1 saturated heterocycles. The van der Waals surface area contributed by atoms with E-state index in [0.717, 1.165) is 22.5 Å². The number of aromatic nitrogens is 2. The van der Waals surface area contributed by atoms with E-state index >= 15 is 0 Å². The minimum absolute atomic E-state index is 0.0288. The predicted molar refractivity (Wildman–Crippen MR) is 130 cm³/mol. The summed E-state index contributed by atoms with van der Waals surface area (Å²) in [7, 11) is 1.61. The van der Waals surface area contributed by atoms with Gasteiger partial charge in [-0.25, -0.2) is 4.98 Å². The first kappa shape index (κ1) is 22.0. The van der Waals surface area contributed by atoms with Gasteiger partial charge in [0.15, 0.2) is 0 Å². The van der Waals surface area contributed by atoms with Crippen molar-refractivity contribution in [2.75, 3.05) is 25.2 Å².